The van der Waals surface area contributed by atoms with Gasteiger partial charge in [-0.15, -0.1) is 0 Å². The molecule has 0 unspecified atom stereocenters. The maximum atomic E-state index is 13.3. The predicted octanol–water partition coefficient (Wildman–Crippen LogP) is 5.15. The van der Waals surface area contributed by atoms with Crippen molar-refractivity contribution in [2.45, 2.75) is 31.2 Å². The normalized spacial score (nSPS) is 15.7. The molecule has 0 fully saturated rings. The van der Waals surface area contributed by atoms with E-state index in [4.69, 9.17) is 0 Å². The molecule has 154 valence electrons. The first-order chi connectivity index (χ1) is 14.3. The fraction of sp³-hybridized carbons (Fsp3) is 0.174. The van der Waals surface area contributed by atoms with E-state index in [1.165, 1.54) is 4.31 Å². The summed E-state index contributed by atoms with van der Waals surface area (Å²) in [5.41, 5.74) is 3.66. The highest BCUT2D eigenvalue weighted by Gasteiger charge is 2.36. The Morgan fingerprint density at radius 2 is 1.80 bits per heavy atom. The molecular formula is C23H21BrN2O3S. The highest BCUT2D eigenvalue weighted by atomic mass is 79.9. The van der Waals surface area contributed by atoms with Gasteiger partial charge in [0.05, 0.1) is 10.6 Å². The number of anilines is 2. The van der Waals surface area contributed by atoms with Crippen LogP contribution in [-0.4, -0.2) is 20.4 Å². The van der Waals surface area contributed by atoms with Crippen LogP contribution in [0.5, 0.6) is 0 Å². The Labute approximate surface area is 184 Å². The first kappa shape index (κ1) is 20.6. The molecule has 3 aromatic rings. The van der Waals surface area contributed by atoms with Crippen molar-refractivity contribution in [2.24, 2.45) is 0 Å². The Balaban J connectivity index is 1.63. The van der Waals surface area contributed by atoms with Crippen LogP contribution in [0.15, 0.2) is 76.1 Å². The molecule has 0 aliphatic carbocycles. The monoisotopic (exact) mass is 484 g/mol. The molecule has 5 nitrogen and oxygen atoms in total. The van der Waals surface area contributed by atoms with E-state index in [9.17, 15) is 13.2 Å². The van der Waals surface area contributed by atoms with E-state index in [0.717, 1.165) is 15.6 Å². The topological polar surface area (TPSA) is 66.5 Å². The lowest BCUT2D eigenvalue weighted by Gasteiger charge is -2.24. The SMILES string of the molecule is Cc1ccc(S(=O)(=O)N2c3ccc(C(=O)Nc4cccc(Br)c4)cc3C[C@H]2C)cc1. The number of nitrogens with one attached hydrogen (secondary N) is 1. The number of aryl methyl sites for hydroxylation is 1. The molecule has 0 bridgehead atoms. The molecule has 1 amide bonds. The summed E-state index contributed by atoms with van der Waals surface area (Å²) in [5.74, 6) is -0.233. The lowest BCUT2D eigenvalue weighted by Crippen LogP contribution is -2.35. The van der Waals surface area contributed by atoms with Crippen molar-refractivity contribution in [3.05, 3.63) is 87.9 Å². The fourth-order valence-electron chi connectivity index (χ4n) is 3.70. The van der Waals surface area contributed by atoms with Crippen LogP contribution in [-0.2, 0) is 16.4 Å². The van der Waals surface area contributed by atoms with Crippen molar-refractivity contribution < 1.29 is 13.2 Å². The number of halogens is 1. The molecule has 0 saturated carbocycles. The van der Waals surface area contributed by atoms with Gasteiger partial charge in [-0.3, -0.25) is 9.10 Å². The summed E-state index contributed by atoms with van der Waals surface area (Å²) >= 11 is 3.39. The van der Waals surface area contributed by atoms with E-state index in [-0.39, 0.29) is 16.8 Å². The maximum absolute atomic E-state index is 13.3. The van der Waals surface area contributed by atoms with Crippen molar-refractivity contribution in [1.29, 1.82) is 0 Å². The quantitative estimate of drug-likeness (QED) is 0.556. The van der Waals surface area contributed by atoms with E-state index >= 15 is 0 Å². The zero-order chi connectivity index (χ0) is 21.5. The number of hydrogen-bond acceptors (Lipinski definition) is 3. The van der Waals surface area contributed by atoms with Crippen LogP contribution in [0.4, 0.5) is 11.4 Å². The average Bonchev–Trinajstić information content (AvgIpc) is 3.03. The molecule has 0 spiro atoms. The number of hydrogen-bond donors (Lipinski definition) is 1. The third-order valence-corrected chi connectivity index (χ3v) is 7.59. The van der Waals surface area contributed by atoms with Gasteiger partial charge in [0.2, 0.25) is 0 Å². The standard InChI is InChI=1S/C23H21BrN2O3S/c1-15-6-9-21(10-7-15)30(28,29)26-16(2)12-18-13-17(8-11-22(18)26)23(27)25-20-5-3-4-19(24)14-20/h3-11,13-14,16H,12H2,1-2H3,(H,25,27)/t16-/m1/s1. The average molecular weight is 485 g/mol. The molecule has 0 aromatic heterocycles. The lowest BCUT2D eigenvalue weighted by molar-refractivity contribution is 0.102. The van der Waals surface area contributed by atoms with Gasteiger partial charge in [0.15, 0.2) is 0 Å². The molecule has 4 rings (SSSR count). The molecule has 1 N–H and O–H groups in total. The van der Waals surface area contributed by atoms with E-state index in [2.05, 4.69) is 21.2 Å². The van der Waals surface area contributed by atoms with E-state index in [1.807, 2.05) is 38.1 Å². The third kappa shape index (κ3) is 3.87. The van der Waals surface area contributed by atoms with Gasteiger partial charge in [0, 0.05) is 21.8 Å². The second-order valence-corrected chi connectivity index (χ2v) is 10.2. The summed E-state index contributed by atoms with van der Waals surface area (Å²) in [6.45, 7) is 3.80. The van der Waals surface area contributed by atoms with Crippen LogP contribution >= 0.6 is 15.9 Å². The summed E-state index contributed by atoms with van der Waals surface area (Å²) < 4.78 is 28.8. The minimum absolute atomic E-state index is 0.227. The van der Waals surface area contributed by atoms with E-state index in [1.54, 1.807) is 42.5 Å². The number of sulfonamides is 1. The van der Waals surface area contributed by atoms with Gasteiger partial charge in [-0.05, 0) is 74.4 Å². The van der Waals surface area contributed by atoms with Gasteiger partial charge in [0.1, 0.15) is 0 Å². The number of amides is 1. The number of carbonyl (C=O) groups excluding carboxylic acids is 1. The lowest BCUT2D eigenvalue weighted by atomic mass is 10.1. The highest BCUT2D eigenvalue weighted by Crippen LogP contribution is 2.37. The Hall–Kier alpha value is -2.64. The highest BCUT2D eigenvalue weighted by molar-refractivity contribution is 9.10. The Bertz CT molecular complexity index is 1220. The number of nitrogens with zero attached hydrogens (tertiary/aromatic N) is 1. The Kier molecular flexibility index (Phi) is 5.42. The smallest absolute Gasteiger partial charge is 0.264 e. The first-order valence-corrected chi connectivity index (χ1v) is 11.8. The third-order valence-electron chi connectivity index (χ3n) is 5.16. The van der Waals surface area contributed by atoms with E-state index in [0.29, 0.717) is 23.4 Å². The molecule has 1 atom stereocenters. The summed E-state index contributed by atoms with van der Waals surface area (Å²) in [6, 6.07) is 19.2. The zero-order valence-electron chi connectivity index (χ0n) is 16.6. The first-order valence-electron chi connectivity index (χ1n) is 9.56. The van der Waals surface area contributed by atoms with Gasteiger partial charge < -0.3 is 5.32 Å². The molecular weight excluding hydrogens is 464 g/mol. The summed E-state index contributed by atoms with van der Waals surface area (Å²) in [6.07, 6.45) is 0.554. The van der Waals surface area contributed by atoms with Crippen molar-refractivity contribution in [3.63, 3.8) is 0 Å². The summed E-state index contributed by atoms with van der Waals surface area (Å²) in [5, 5.41) is 2.87. The number of carbonyl (C=O) groups is 1. The molecule has 7 heteroatoms. The van der Waals surface area contributed by atoms with E-state index < -0.39 is 10.0 Å². The molecule has 3 aromatic carbocycles. The van der Waals surface area contributed by atoms with Gasteiger partial charge in [-0.25, -0.2) is 8.42 Å². The Morgan fingerprint density at radius 3 is 2.50 bits per heavy atom. The van der Waals surface area contributed by atoms with Crippen molar-refractivity contribution >= 4 is 43.2 Å². The molecule has 0 radical (unpaired) electrons. The van der Waals surface area contributed by atoms with Crippen molar-refractivity contribution in [3.8, 4) is 0 Å². The Morgan fingerprint density at radius 1 is 1.07 bits per heavy atom. The molecule has 1 aliphatic rings. The van der Waals surface area contributed by atoms with Gasteiger partial charge in [-0.1, -0.05) is 39.7 Å². The van der Waals surface area contributed by atoms with Crippen LogP contribution < -0.4 is 9.62 Å². The van der Waals surface area contributed by atoms with Crippen LogP contribution in [0.2, 0.25) is 0 Å². The molecule has 1 aliphatic heterocycles. The van der Waals surface area contributed by atoms with Crippen LogP contribution in [0.1, 0.15) is 28.4 Å². The van der Waals surface area contributed by atoms with Gasteiger partial charge >= 0.3 is 0 Å². The molecule has 1 heterocycles. The van der Waals surface area contributed by atoms with Gasteiger partial charge in [-0.2, -0.15) is 0 Å². The molecule has 0 saturated heterocycles. The second kappa shape index (κ2) is 7.89. The second-order valence-electron chi connectivity index (χ2n) is 7.48. The van der Waals surface area contributed by atoms with Crippen LogP contribution in [0, 0.1) is 6.92 Å². The number of rotatable bonds is 4. The van der Waals surface area contributed by atoms with Crippen molar-refractivity contribution in [1.82, 2.24) is 0 Å². The summed E-state index contributed by atoms with van der Waals surface area (Å²) in [4.78, 5) is 12.9. The van der Waals surface area contributed by atoms with Crippen LogP contribution in [0.3, 0.4) is 0 Å². The molecule has 30 heavy (non-hydrogen) atoms. The predicted molar refractivity (Wildman–Crippen MR) is 123 cm³/mol. The summed E-state index contributed by atoms with van der Waals surface area (Å²) in [7, 11) is -3.68. The maximum Gasteiger partial charge on any atom is 0.264 e. The van der Waals surface area contributed by atoms with Crippen molar-refractivity contribution in [2.75, 3.05) is 9.62 Å². The number of fused-ring (bicyclic) bond motifs is 1. The zero-order valence-corrected chi connectivity index (χ0v) is 19.0. The fourth-order valence-corrected chi connectivity index (χ4v) is 5.80. The minimum Gasteiger partial charge on any atom is -0.322 e. The van der Waals surface area contributed by atoms with Gasteiger partial charge in [0.25, 0.3) is 15.9 Å². The largest absolute Gasteiger partial charge is 0.322 e. The minimum atomic E-state index is -3.68. The van der Waals surface area contributed by atoms with Crippen LogP contribution in [0.25, 0.3) is 0 Å². The number of benzene rings is 3.